The van der Waals surface area contributed by atoms with Crippen molar-refractivity contribution in [1.82, 2.24) is 5.32 Å². The zero-order chi connectivity index (χ0) is 10.8. The lowest BCUT2D eigenvalue weighted by Gasteiger charge is -2.16. The van der Waals surface area contributed by atoms with Crippen LogP contribution in [0, 0.1) is 0 Å². The van der Waals surface area contributed by atoms with Gasteiger partial charge in [-0.25, -0.2) is 12.6 Å². The molecular weight excluding hydrogens is 224 g/mol. The van der Waals surface area contributed by atoms with Crippen molar-refractivity contribution in [2.45, 2.75) is 19.1 Å². The Bertz CT molecular complexity index is 393. The highest BCUT2D eigenvalue weighted by Gasteiger charge is 2.21. The van der Waals surface area contributed by atoms with Gasteiger partial charge >= 0.3 is 0 Å². The van der Waals surface area contributed by atoms with Gasteiger partial charge in [0.25, 0.3) is 10.0 Å². The zero-order valence-electron chi connectivity index (χ0n) is 8.39. The lowest BCUT2D eigenvalue weighted by atomic mass is 10.6. The second kappa shape index (κ2) is 4.16. The van der Waals surface area contributed by atoms with Crippen LogP contribution in [0.4, 0.5) is 0 Å². The molecule has 84 valence electrons. The van der Waals surface area contributed by atoms with E-state index in [0.717, 1.165) is 0 Å². The van der Waals surface area contributed by atoms with Gasteiger partial charge in [-0.15, -0.1) is 3.77 Å². The molecule has 0 unspecified atom stereocenters. The Morgan fingerprint density at radius 3 is 2.21 bits per heavy atom. The van der Waals surface area contributed by atoms with Crippen LogP contribution in [0.1, 0.15) is 13.8 Å². The van der Waals surface area contributed by atoms with Crippen molar-refractivity contribution in [3.05, 3.63) is 0 Å². The molecule has 0 aromatic heterocycles. The molecule has 1 heterocycles. The summed E-state index contributed by atoms with van der Waals surface area (Å²) < 4.78 is 38.4. The summed E-state index contributed by atoms with van der Waals surface area (Å²) in [5.74, 6) is 0.665. The molecule has 1 rings (SSSR count). The van der Waals surface area contributed by atoms with Crippen molar-refractivity contribution in [3.63, 3.8) is 0 Å². The third-order valence-electron chi connectivity index (χ3n) is 2.03. The maximum atomic E-state index is 11.9. The molecule has 0 amide bonds. The molecule has 0 spiro atoms. The first-order chi connectivity index (χ1) is 6.36. The predicted molar refractivity (Wildman–Crippen MR) is 57.2 cm³/mol. The zero-order valence-corrected chi connectivity index (χ0v) is 10.0. The molecule has 0 aliphatic carbocycles. The molecule has 0 aromatic carbocycles. The molecule has 0 aromatic rings. The van der Waals surface area contributed by atoms with Gasteiger partial charge in [-0.2, -0.15) is 0 Å². The van der Waals surface area contributed by atoms with Gasteiger partial charge in [0, 0.05) is 24.6 Å². The largest absolute Gasteiger partial charge is 0.315 e. The van der Waals surface area contributed by atoms with E-state index in [2.05, 4.69) is 9.08 Å². The van der Waals surface area contributed by atoms with Gasteiger partial charge in [0.1, 0.15) is 0 Å². The smallest absolute Gasteiger partial charge is 0.263 e. The number of hydrogen-bond donors (Lipinski definition) is 1. The molecular formula is C7H16N2O3S2. The van der Waals surface area contributed by atoms with Crippen LogP contribution >= 0.6 is 0 Å². The van der Waals surface area contributed by atoms with Gasteiger partial charge in [0.05, 0.1) is 15.0 Å². The van der Waals surface area contributed by atoms with Crippen molar-refractivity contribution in [1.29, 1.82) is 0 Å². The van der Waals surface area contributed by atoms with Gasteiger partial charge in [0.2, 0.25) is 0 Å². The summed E-state index contributed by atoms with van der Waals surface area (Å²) in [5.41, 5.74) is 0. The summed E-state index contributed by atoms with van der Waals surface area (Å²) in [5, 5.41) is 2.43. The topological polar surface area (TPSA) is 75.6 Å². The number of rotatable bonds is 2. The van der Waals surface area contributed by atoms with E-state index in [1.54, 1.807) is 13.8 Å². The van der Waals surface area contributed by atoms with Crippen LogP contribution in [-0.4, -0.2) is 42.5 Å². The SMILES string of the molecule is CC(C)S(=O)(=O)N=S1(=O)CCNCC1. The minimum absolute atomic E-state index is 0.332. The highest BCUT2D eigenvalue weighted by atomic mass is 32.3. The monoisotopic (exact) mass is 240 g/mol. The van der Waals surface area contributed by atoms with Gasteiger partial charge in [-0.3, -0.25) is 0 Å². The lowest BCUT2D eigenvalue weighted by Crippen LogP contribution is -2.36. The van der Waals surface area contributed by atoms with Crippen molar-refractivity contribution < 1.29 is 12.6 Å². The first kappa shape index (κ1) is 11.9. The van der Waals surface area contributed by atoms with Crippen LogP contribution in [0.5, 0.6) is 0 Å². The molecule has 5 nitrogen and oxygen atoms in total. The van der Waals surface area contributed by atoms with E-state index in [-0.39, 0.29) is 0 Å². The van der Waals surface area contributed by atoms with E-state index in [9.17, 15) is 12.6 Å². The average Bonchev–Trinajstić information content (AvgIpc) is 2.03. The van der Waals surface area contributed by atoms with Gasteiger partial charge in [-0.1, -0.05) is 0 Å². The molecule has 1 aliphatic heterocycles. The van der Waals surface area contributed by atoms with Crippen molar-refractivity contribution in [2.75, 3.05) is 24.6 Å². The Balaban J connectivity index is 3.02. The fourth-order valence-electron chi connectivity index (χ4n) is 1.04. The van der Waals surface area contributed by atoms with Crippen molar-refractivity contribution in [3.8, 4) is 0 Å². The number of sulfonamides is 1. The minimum Gasteiger partial charge on any atom is -0.315 e. The fourth-order valence-corrected chi connectivity index (χ4v) is 4.97. The standard InChI is InChI=1S/C7H16N2O3S2/c1-7(2)14(11,12)9-13(10)5-3-8-4-6-13/h7-8H,3-6H2,1-2H3. The van der Waals surface area contributed by atoms with Crippen molar-refractivity contribution >= 4 is 19.8 Å². The number of nitrogens with one attached hydrogen (secondary N) is 1. The molecule has 1 saturated heterocycles. The van der Waals surface area contributed by atoms with E-state index in [1.807, 2.05) is 0 Å². The van der Waals surface area contributed by atoms with E-state index in [0.29, 0.717) is 24.6 Å². The molecule has 1 fully saturated rings. The molecule has 14 heavy (non-hydrogen) atoms. The molecule has 0 bridgehead atoms. The van der Waals surface area contributed by atoms with E-state index in [1.165, 1.54) is 0 Å². The Hall–Kier alpha value is -0.140. The normalized spacial score (nSPS) is 22.2. The fraction of sp³-hybridized carbons (Fsp3) is 1.00. The van der Waals surface area contributed by atoms with E-state index >= 15 is 0 Å². The Morgan fingerprint density at radius 1 is 1.29 bits per heavy atom. The maximum absolute atomic E-state index is 11.9. The summed E-state index contributed by atoms with van der Waals surface area (Å²) in [6.07, 6.45) is 0. The Kier molecular flexibility index (Phi) is 3.54. The summed E-state index contributed by atoms with van der Waals surface area (Å²) in [6, 6.07) is 0. The van der Waals surface area contributed by atoms with E-state index in [4.69, 9.17) is 0 Å². The first-order valence-electron chi connectivity index (χ1n) is 4.54. The summed E-state index contributed by atoms with van der Waals surface area (Å²) in [4.78, 5) is 0. The first-order valence-corrected chi connectivity index (χ1v) is 7.90. The second-order valence-electron chi connectivity index (χ2n) is 3.57. The molecule has 0 atom stereocenters. The van der Waals surface area contributed by atoms with E-state index < -0.39 is 25.0 Å². The van der Waals surface area contributed by atoms with Crippen LogP contribution < -0.4 is 5.32 Å². The summed E-state index contributed by atoms with van der Waals surface area (Å²) in [7, 11) is -6.05. The number of hydrogen-bond acceptors (Lipinski definition) is 4. The third kappa shape index (κ3) is 2.93. The van der Waals surface area contributed by atoms with Gasteiger partial charge in [-0.05, 0) is 13.8 Å². The molecule has 1 N–H and O–H groups in total. The van der Waals surface area contributed by atoms with Gasteiger partial charge < -0.3 is 5.32 Å². The molecule has 1 aliphatic rings. The third-order valence-corrected chi connectivity index (χ3v) is 6.82. The Morgan fingerprint density at radius 2 is 1.79 bits per heavy atom. The van der Waals surface area contributed by atoms with Crippen LogP contribution in [0.3, 0.4) is 0 Å². The van der Waals surface area contributed by atoms with Crippen molar-refractivity contribution in [2.24, 2.45) is 3.77 Å². The van der Waals surface area contributed by atoms with Crippen LogP contribution in [0.25, 0.3) is 0 Å². The highest BCUT2D eigenvalue weighted by Crippen LogP contribution is 2.09. The molecule has 0 saturated carbocycles. The highest BCUT2D eigenvalue weighted by molar-refractivity contribution is 8.03. The lowest BCUT2D eigenvalue weighted by molar-refractivity contribution is 0.589. The average molecular weight is 240 g/mol. The van der Waals surface area contributed by atoms with Crippen LogP contribution in [0.15, 0.2) is 3.77 Å². The van der Waals surface area contributed by atoms with Gasteiger partial charge in [0.15, 0.2) is 0 Å². The summed E-state index contributed by atoms with van der Waals surface area (Å²) >= 11 is 0. The number of nitrogens with zero attached hydrogens (tertiary/aromatic N) is 1. The van der Waals surface area contributed by atoms with Crippen LogP contribution in [0.2, 0.25) is 0 Å². The maximum Gasteiger partial charge on any atom is 0.263 e. The molecule has 7 heteroatoms. The summed E-state index contributed by atoms with van der Waals surface area (Å²) in [6.45, 7) is 4.25. The molecule has 0 radical (unpaired) electrons. The second-order valence-corrected chi connectivity index (χ2v) is 8.50. The Labute approximate surface area is 85.5 Å². The minimum atomic E-state index is -3.53. The van der Waals surface area contributed by atoms with Crippen LogP contribution in [-0.2, 0) is 19.8 Å². The predicted octanol–water partition coefficient (Wildman–Crippen LogP) is -0.204. The quantitative estimate of drug-likeness (QED) is 0.725.